The molecule has 2 saturated heterocycles. The molecule has 5 rings (SSSR count). The SMILES string of the molecule is C#CCOCCOCCOCCNc1nc(N2CCN(C(=O)[C@H](CCCCN)n3cc([C@@H](N)C(C)CC)nn3)CC2)nc(N2CCN(C(=O)[C@H](CCCCN)n3cc([C@@H](N)CC(C)C)nn3)CC2)n1.[Cl-]. The van der Waals surface area contributed by atoms with Crippen molar-refractivity contribution in [2.24, 2.45) is 34.8 Å². The molecule has 3 aromatic heterocycles. The lowest BCUT2D eigenvalue weighted by Crippen LogP contribution is -3.00. The van der Waals surface area contributed by atoms with Crippen LogP contribution in [-0.4, -0.2) is 178 Å². The molecule has 5 atom stereocenters. The number of carbonyl (C=O) groups is 2. The van der Waals surface area contributed by atoms with Gasteiger partial charge in [-0.3, -0.25) is 9.59 Å². The first-order valence-electron chi connectivity index (χ1n) is 25.0. The topological polar surface area (TPSA) is 291 Å². The monoisotopic (exact) mass is 1000 g/mol. The number of halogens is 1. The summed E-state index contributed by atoms with van der Waals surface area (Å²) in [6.45, 7) is 16.1. The molecule has 2 amide bonds. The minimum atomic E-state index is -0.525. The largest absolute Gasteiger partial charge is 1.00 e. The average Bonchev–Trinajstić information content (AvgIpc) is 4.07. The zero-order valence-corrected chi connectivity index (χ0v) is 42.7. The van der Waals surface area contributed by atoms with E-state index in [1.54, 1.807) is 9.36 Å². The van der Waals surface area contributed by atoms with Crippen LogP contribution >= 0.6 is 0 Å². The fraction of sp³-hybridized carbons (Fsp3) is 0.761. The molecule has 1 unspecified atom stereocenters. The minimum absolute atomic E-state index is 0. The summed E-state index contributed by atoms with van der Waals surface area (Å²) in [4.78, 5) is 51.1. The molecule has 70 heavy (non-hydrogen) atoms. The average molecular weight is 1000 g/mol. The summed E-state index contributed by atoms with van der Waals surface area (Å²) in [5.74, 6) is 4.39. The molecular formula is C46H80ClN18O5-. The Morgan fingerprint density at radius 3 is 1.69 bits per heavy atom. The van der Waals surface area contributed by atoms with Gasteiger partial charge in [0.2, 0.25) is 29.7 Å². The maximum Gasteiger partial charge on any atom is 0.247 e. The molecule has 0 radical (unpaired) electrons. The summed E-state index contributed by atoms with van der Waals surface area (Å²) >= 11 is 0. The van der Waals surface area contributed by atoms with Gasteiger partial charge < -0.3 is 74.5 Å². The van der Waals surface area contributed by atoms with Crippen LogP contribution < -0.4 is 50.5 Å². The van der Waals surface area contributed by atoms with E-state index < -0.39 is 12.1 Å². The Bertz CT molecular complexity index is 2000. The third kappa shape index (κ3) is 17.5. The predicted molar refractivity (Wildman–Crippen MR) is 264 cm³/mol. The van der Waals surface area contributed by atoms with Crippen LogP contribution in [0.4, 0.5) is 17.8 Å². The van der Waals surface area contributed by atoms with Gasteiger partial charge in [0.1, 0.15) is 18.7 Å². The lowest BCUT2D eigenvalue weighted by Gasteiger charge is -2.38. The number of nitrogens with one attached hydrogen (secondary N) is 1. The molecule has 24 heteroatoms. The number of nitrogens with two attached hydrogens (primary N) is 4. The Kier molecular flexibility index (Phi) is 25.4. The van der Waals surface area contributed by atoms with Gasteiger partial charge in [-0.1, -0.05) is 50.5 Å². The number of piperazine rings is 2. The first kappa shape index (κ1) is 57.8. The van der Waals surface area contributed by atoms with Gasteiger partial charge in [-0.25, -0.2) is 9.36 Å². The quantitative estimate of drug-likeness (QED) is 0.0354. The van der Waals surface area contributed by atoms with E-state index in [9.17, 15) is 9.59 Å². The molecule has 5 heterocycles. The summed E-state index contributed by atoms with van der Waals surface area (Å²) < 4.78 is 19.9. The highest BCUT2D eigenvalue weighted by molar-refractivity contribution is 5.81. The number of hydrogen-bond acceptors (Lipinski definition) is 19. The number of aromatic nitrogens is 9. The Labute approximate surface area is 420 Å². The Morgan fingerprint density at radius 1 is 0.714 bits per heavy atom. The Balaban J connectivity index is 0.0000107. The van der Waals surface area contributed by atoms with Crippen molar-refractivity contribution in [1.29, 1.82) is 0 Å². The fourth-order valence-electron chi connectivity index (χ4n) is 8.28. The molecule has 23 nitrogen and oxygen atoms in total. The van der Waals surface area contributed by atoms with E-state index in [1.807, 2.05) is 22.2 Å². The van der Waals surface area contributed by atoms with E-state index in [-0.39, 0.29) is 48.8 Å². The van der Waals surface area contributed by atoms with Crippen molar-refractivity contribution in [1.82, 2.24) is 54.7 Å². The molecule has 0 bridgehead atoms. The third-order valence-electron chi connectivity index (χ3n) is 12.7. The minimum Gasteiger partial charge on any atom is -1.00 e. The summed E-state index contributed by atoms with van der Waals surface area (Å²) in [7, 11) is 0. The third-order valence-corrected chi connectivity index (χ3v) is 12.7. The van der Waals surface area contributed by atoms with Crippen molar-refractivity contribution < 1.29 is 36.2 Å². The molecular weight excluding hydrogens is 920 g/mol. The lowest BCUT2D eigenvalue weighted by molar-refractivity contribution is -0.136. The number of nitrogens with zero attached hydrogens (tertiary/aromatic N) is 13. The summed E-state index contributed by atoms with van der Waals surface area (Å²) in [6, 6.07) is -1.58. The van der Waals surface area contributed by atoms with Crippen LogP contribution in [0.5, 0.6) is 0 Å². The van der Waals surface area contributed by atoms with Crippen LogP contribution in [0.3, 0.4) is 0 Å². The number of unbranched alkanes of at least 4 members (excludes halogenated alkanes) is 2. The van der Waals surface area contributed by atoms with Crippen molar-refractivity contribution in [3.63, 3.8) is 0 Å². The first-order chi connectivity index (χ1) is 33.5. The Hall–Kier alpha value is -4.80. The van der Waals surface area contributed by atoms with Crippen molar-refractivity contribution in [3.8, 4) is 12.3 Å². The van der Waals surface area contributed by atoms with E-state index >= 15 is 0 Å². The second kappa shape index (κ2) is 30.8. The second-order valence-electron chi connectivity index (χ2n) is 18.3. The number of rotatable bonds is 31. The number of ether oxygens (including phenoxy) is 3. The normalized spacial score (nSPS) is 16.4. The zero-order chi connectivity index (χ0) is 49.5. The van der Waals surface area contributed by atoms with Gasteiger partial charge in [-0.05, 0) is 69.9 Å². The van der Waals surface area contributed by atoms with Crippen LogP contribution in [0.15, 0.2) is 12.4 Å². The maximum absolute atomic E-state index is 14.2. The van der Waals surface area contributed by atoms with Crippen molar-refractivity contribution in [3.05, 3.63) is 23.8 Å². The van der Waals surface area contributed by atoms with Gasteiger partial charge in [-0.2, -0.15) is 15.0 Å². The second-order valence-corrected chi connectivity index (χ2v) is 18.3. The van der Waals surface area contributed by atoms with E-state index in [1.165, 1.54) is 0 Å². The number of hydrogen-bond donors (Lipinski definition) is 5. The molecule has 0 aromatic carbocycles. The zero-order valence-electron chi connectivity index (χ0n) is 41.9. The van der Waals surface area contributed by atoms with Crippen LogP contribution in [-0.2, 0) is 23.8 Å². The summed E-state index contributed by atoms with van der Waals surface area (Å²) in [5, 5.41) is 20.9. The number of anilines is 3. The van der Waals surface area contributed by atoms with Gasteiger partial charge in [0, 0.05) is 58.9 Å². The smallest absolute Gasteiger partial charge is 0.247 e. The van der Waals surface area contributed by atoms with Crippen LogP contribution in [0.2, 0.25) is 0 Å². The molecule has 3 aromatic rings. The van der Waals surface area contributed by atoms with Crippen LogP contribution in [0, 0.1) is 24.2 Å². The van der Waals surface area contributed by atoms with Crippen molar-refractivity contribution in [2.75, 3.05) is 127 Å². The van der Waals surface area contributed by atoms with Crippen LogP contribution in [0.25, 0.3) is 0 Å². The number of amides is 2. The molecule has 2 fully saturated rings. The van der Waals surface area contributed by atoms with Gasteiger partial charge in [0.05, 0.1) is 68.9 Å². The van der Waals surface area contributed by atoms with Gasteiger partial charge in [0.25, 0.3) is 0 Å². The van der Waals surface area contributed by atoms with E-state index in [0.29, 0.717) is 153 Å². The molecule has 392 valence electrons. The first-order valence-corrected chi connectivity index (χ1v) is 25.0. The molecule has 2 aliphatic heterocycles. The standard InChI is InChI=1S/C46H80N18O5.ClH/c1-6-25-67-27-29-69-30-28-68-26-16-51-44-52-45(61-21-17-59(18-22-61)42(65)39(12-8-10-14-47)63-32-37(55-57-63)36(49)31-34(3)4)54-46(53-44)62-23-19-60(20-24-62)43(66)40(13-9-11-15-48)64-33-38(56-58-64)41(50)35(5)7-2;/h1,32-36,39-41H,7-31,47-50H2,2-5H3,(H,51,52,53,54);1H/p-1/t35?,36-,39-,40-,41-;/m0./s1. The van der Waals surface area contributed by atoms with Crippen LogP contribution in [0.1, 0.15) is 115 Å². The van der Waals surface area contributed by atoms with Gasteiger partial charge in [0.15, 0.2) is 0 Å². The highest BCUT2D eigenvalue weighted by Crippen LogP contribution is 2.27. The highest BCUT2D eigenvalue weighted by atomic mass is 35.5. The van der Waals surface area contributed by atoms with Crippen molar-refractivity contribution in [2.45, 2.75) is 103 Å². The van der Waals surface area contributed by atoms with Gasteiger partial charge in [-0.15, -0.1) is 16.6 Å². The molecule has 0 spiro atoms. The van der Waals surface area contributed by atoms with Gasteiger partial charge >= 0.3 is 0 Å². The summed E-state index contributed by atoms with van der Waals surface area (Å²) in [6.07, 6.45) is 14.9. The molecule has 2 aliphatic rings. The molecule has 0 saturated carbocycles. The van der Waals surface area contributed by atoms with E-state index in [0.717, 1.165) is 38.5 Å². The predicted octanol–water partition coefficient (Wildman–Crippen LogP) is -1.72. The lowest BCUT2D eigenvalue weighted by atomic mass is 9.98. The summed E-state index contributed by atoms with van der Waals surface area (Å²) in [5.41, 5.74) is 26.0. The highest BCUT2D eigenvalue weighted by Gasteiger charge is 2.33. The molecule has 9 N–H and O–H groups in total. The maximum atomic E-state index is 14.2. The molecule has 0 aliphatic carbocycles. The Morgan fingerprint density at radius 2 is 1.20 bits per heavy atom. The van der Waals surface area contributed by atoms with E-state index in [2.05, 4.69) is 69.4 Å². The number of carbonyl (C=O) groups excluding carboxylic acids is 2. The fourth-order valence-corrected chi connectivity index (χ4v) is 8.28. The number of terminal acetylenes is 1. The van der Waals surface area contributed by atoms with Crippen molar-refractivity contribution >= 4 is 29.7 Å². The van der Waals surface area contributed by atoms with E-state index in [4.69, 9.17) is 58.5 Å².